The highest BCUT2D eigenvalue weighted by atomic mass is 16.3. The highest BCUT2D eigenvalue weighted by Crippen LogP contribution is 2.63. The van der Waals surface area contributed by atoms with Crippen molar-refractivity contribution < 1.29 is 4.42 Å². The standard InChI is InChI=1S/C64H40N4O/c1-3-16-41(17-4-1)42-30-33-46(34-31-42)66(48-35-37-59-58(40-48)65-63-67(45-19-5-2-6-20-45)62-61(68(59)63)53-25-10-14-29-60(53)69-62)47-21-15-18-43(38-47)44-32-36-52-51-24-9-13-28-56(51)64(57(52)39-44)54-26-11-7-22-49(54)50-23-8-12-27-55(50)64/h1-40H. The fourth-order valence-electron chi connectivity index (χ4n) is 11.8. The monoisotopic (exact) mass is 880 g/mol. The van der Waals surface area contributed by atoms with Gasteiger partial charge in [-0.15, -0.1) is 0 Å². The van der Waals surface area contributed by atoms with Crippen molar-refractivity contribution in [3.8, 4) is 50.2 Å². The highest BCUT2D eigenvalue weighted by molar-refractivity contribution is 6.07. The Balaban J connectivity index is 0.914. The van der Waals surface area contributed by atoms with Gasteiger partial charge in [-0.1, -0.05) is 170 Å². The number of hydrogen-bond acceptors (Lipinski definition) is 3. The van der Waals surface area contributed by atoms with E-state index in [9.17, 15) is 0 Å². The van der Waals surface area contributed by atoms with Crippen molar-refractivity contribution in [2.24, 2.45) is 0 Å². The lowest BCUT2D eigenvalue weighted by molar-refractivity contribution is 0.645. The molecule has 0 aliphatic heterocycles. The molecule has 0 N–H and O–H groups in total. The SMILES string of the molecule is c1ccc(-c2ccc(N(c3cccc(-c4ccc5c(c4)C4(c6ccccc6-c6ccccc64)c4ccccc4-5)c3)c3ccc4c(c3)nc3n(-c5ccccc5)c5oc6ccccc6c5n43)cc2)cc1. The van der Waals surface area contributed by atoms with Gasteiger partial charge in [-0.25, -0.2) is 9.55 Å². The van der Waals surface area contributed by atoms with Crippen LogP contribution in [-0.4, -0.2) is 14.0 Å². The quantitative estimate of drug-likeness (QED) is 0.167. The molecule has 5 heteroatoms. The number of nitrogens with zero attached hydrogens (tertiary/aromatic N) is 4. The Kier molecular flexibility index (Phi) is 7.93. The van der Waals surface area contributed by atoms with Gasteiger partial charge in [0.1, 0.15) is 11.1 Å². The molecule has 3 aromatic heterocycles. The number of aromatic nitrogens is 3. The maximum absolute atomic E-state index is 6.59. The van der Waals surface area contributed by atoms with Gasteiger partial charge >= 0.3 is 0 Å². The van der Waals surface area contributed by atoms with Gasteiger partial charge in [-0.2, -0.15) is 0 Å². The lowest BCUT2D eigenvalue weighted by Gasteiger charge is -2.30. The Bertz CT molecular complexity index is 4130. The Morgan fingerprint density at radius 1 is 0.406 bits per heavy atom. The van der Waals surface area contributed by atoms with Crippen molar-refractivity contribution >= 4 is 56.1 Å². The van der Waals surface area contributed by atoms with Crippen molar-refractivity contribution in [2.45, 2.75) is 5.41 Å². The summed E-state index contributed by atoms with van der Waals surface area (Å²) in [6.45, 7) is 0. The van der Waals surface area contributed by atoms with Gasteiger partial charge in [-0.05, 0) is 140 Å². The number of benzene rings is 10. The third kappa shape index (κ3) is 5.32. The molecule has 0 saturated heterocycles. The predicted molar refractivity (Wildman–Crippen MR) is 281 cm³/mol. The number of hydrogen-bond donors (Lipinski definition) is 0. The summed E-state index contributed by atoms with van der Waals surface area (Å²) in [5, 5.41) is 1.05. The molecule has 69 heavy (non-hydrogen) atoms. The molecule has 2 aliphatic carbocycles. The summed E-state index contributed by atoms with van der Waals surface area (Å²) in [4.78, 5) is 7.78. The van der Waals surface area contributed by atoms with E-state index in [2.05, 4.69) is 238 Å². The zero-order chi connectivity index (χ0) is 45.2. The van der Waals surface area contributed by atoms with E-state index in [-0.39, 0.29) is 0 Å². The summed E-state index contributed by atoms with van der Waals surface area (Å²) in [6.07, 6.45) is 0. The first-order valence-electron chi connectivity index (χ1n) is 23.6. The Hall–Kier alpha value is -9.19. The Morgan fingerprint density at radius 2 is 0.957 bits per heavy atom. The summed E-state index contributed by atoms with van der Waals surface area (Å²) >= 11 is 0. The first kappa shape index (κ1) is 38.0. The maximum atomic E-state index is 6.59. The third-order valence-corrected chi connectivity index (χ3v) is 14.7. The smallest absolute Gasteiger partial charge is 0.232 e. The van der Waals surface area contributed by atoms with Crippen molar-refractivity contribution in [3.05, 3.63) is 265 Å². The van der Waals surface area contributed by atoms with E-state index < -0.39 is 5.41 Å². The minimum Gasteiger partial charge on any atom is -0.437 e. The molecular formula is C64H40N4O. The number of fused-ring (bicyclic) bond motifs is 17. The average Bonchev–Trinajstić information content (AvgIpc) is 4.20. The second kappa shape index (κ2) is 14.4. The van der Waals surface area contributed by atoms with E-state index in [0.717, 1.165) is 67.3 Å². The van der Waals surface area contributed by atoms with Gasteiger partial charge in [0.25, 0.3) is 0 Å². The number of rotatable bonds is 6. The molecule has 10 aromatic carbocycles. The van der Waals surface area contributed by atoms with Gasteiger partial charge in [-0.3, -0.25) is 4.40 Å². The van der Waals surface area contributed by atoms with E-state index >= 15 is 0 Å². The van der Waals surface area contributed by atoms with Crippen LogP contribution in [0.5, 0.6) is 0 Å². The zero-order valence-corrected chi connectivity index (χ0v) is 37.3. The van der Waals surface area contributed by atoms with E-state index in [1.54, 1.807) is 0 Å². The number of imidazole rings is 2. The van der Waals surface area contributed by atoms with E-state index in [1.165, 1.54) is 61.2 Å². The predicted octanol–water partition coefficient (Wildman–Crippen LogP) is 16.3. The molecule has 0 saturated carbocycles. The molecule has 15 rings (SSSR count). The minimum absolute atomic E-state index is 0.418. The van der Waals surface area contributed by atoms with Crippen LogP contribution in [0.1, 0.15) is 22.3 Å². The van der Waals surface area contributed by atoms with Crippen LogP contribution in [0.25, 0.3) is 89.2 Å². The molecule has 3 heterocycles. The summed E-state index contributed by atoms with van der Waals surface area (Å²) in [5.74, 6) is 0.803. The normalized spacial score (nSPS) is 13.0. The van der Waals surface area contributed by atoms with E-state index in [4.69, 9.17) is 9.40 Å². The lowest BCUT2D eigenvalue weighted by atomic mass is 9.70. The van der Waals surface area contributed by atoms with Crippen LogP contribution in [-0.2, 0) is 5.41 Å². The summed E-state index contributed by atoms with van der Waals surface area (Å²) in [6, 6.07) is 88.0. The van der Waals surface area contributed by atoms with Crippen molar-refractivity contribution in [2.75, 3.05) is 4.90 Å². The van der Waals surface area contributed by atoms with Gasteiger partial charge in [0.15, 0.2) is 0 Å². The van der Waals surface area contributed by atoms with Crippen LogP contribution in [0, 0.1) is 0 Å². The minimum atomic E-state index is -0.418. The average molecular weight is 881 g/mol. The molecule has 0 fully saturated rings. The van der Waals surface area contributed by atoms with Crippen molar-refractivity contribution in [1.29, 1.82) is 0 Å². The number of para-hydroxylation sites is 2. The third-order valence-electron chi connectivity index (χ3n) is 14.7. The van der Waals surface area contributed by atoms with E-state index in [0.29, 0.717) is 0 Å². The second-order valence-corrected chi connectivity index (χ2v) is 18.3. The molecule has 1 spiro atoms. The van der Waals surface area contributed by atoms with Gasteiger partial charge in [0, 0.05) is 22.4 Å². The lowest BCUT2D eigenvalue weighted by Crippen LogP contribution is -2.25. The van der Waals surface area contributed by atoms with Gasteiger partial charge in [0.05, 0.1) is 22.1 Å². The molecule has 0 amide bonds. The molecule has 0 bridgehead atoms. The van der Waals surface area contributed by atoms with Crippen LogP contribution in [0.3, 0.4) is 0 Å². The number of anilines is 3. The first-order chi connectivity index (χ1) is 34.2. The highest BCUT2D eigenvalue weighted by Gasteiger charge is 2.51. The first-order valence-corrected chi connectivity index (χ1v) is 23.6. The molecule has 13 aromatic rings. The Labute approximate surface area is 398 Å². The van der Waals surface area contributed by atoms with Crippen LogP contribution in [0.2, 0.25) is 0 Å². The van der Waals surface area contributed by atoms with Crippen LogP contribution in [0.15, 0.2) is 247 Å². The van der Waals surface area contributed by atoms with Crippen LogP contribution < -0.4 is 4.90 Å². The Morgan fingerprint density at radius 3 is 1.68 bits per heavy atom. The molecule has 0 unspecified atom stereocenters. The van der Waals surface area contributed by atoms with Crippen LogP contribution in [0.4, 0.5) is 17.1 Å². The zero-order valence-electron chi connectivity index (χ0n) is 37.3. The molecule has 0 atom stereocenters. The van der Waals surface area contributed by atoms with Crippen molar-refractivity contribution in [3.63, 3.8) is 0 Å². The summed E-state index contributed by atoms with van der Waals surface area (Å²) < 4.78 is 11.0. The molecule has 0 radical (unpaired) electrons. The molecular weight excluding hydrogens is 841 g/mol. The summed E-state index contributed by atoms with van der Waals surface area (Å²) in [7, 11) is 0. The molecule has 322 valence electrons. The van der Waals surface area contributed by atoms with Crippen LogP contribution >= 0.6 is 0 Å². The number of furan rings is 1. The maximum Gasteiger partial charge on any atom is 0.232 e. The van der Waals surface area contributed by atoms with Gasteiger partial charge in [0.2, 0.25) is 11.5 Å². The fraction of sp³-hybridized carbons (Fsp3) is 0.0156. The van der Waals surface area contributed by atoms with E-state index in [1.807, 2.05) is 18.2 Å². The van der Waals surface area contributed by atoms with Crippen molar-refractivity contribution in [1.82, 2.24) is 14.0 Å². The second-order valence-electron chi connectivity index (χ2n) is 18.3. The fourth-order valence-corrected chi connectivity index (χ4v) is 11.8. The van der Waals surface area contributed by atoms with Gasteiger partial charge < -0.3 is 9.32 Å². The molecule has 2 aliphatic rings. The topological polar surface area (TPSA) is 38.6 Å². The largest absolute Gasteiger partial charge is 0.437 e. The molecule has 5 nitrogen and oxygen atoms in total. The summed E-state index contributed by atoms with van der Waals surface area (Å²) in [5.41, 5.74) is 23.5.